The van der Waals surface area contributed by atoms with Gasteiger partial charge in [-0.15, -0.1) is 0 Å². The van der Waals surface area contributed by atoms with Crippen molar-refractivity contribution in [3.63, 3.8) is 0 Å². The molecule has 0 amide bonds. The molecule has 0 heterocycles. The van der Waals surface area contributed by atoms with Crippen molar-refractivity contribution in [2.45, 2.75) is 83.3 Å². The van der Waals surface area contributed by atoms with Gasteiger partial charge in [-0.25, -0.2) is 4.79 Å². The van der Waals surface area contributed by atoms with Gasteiger partial charge in [-0.3, -0.25) is 4.79 Å². The van der Waals surface area contributed by atoms with Gasteiger partial charge in [0.15, 0.2) is 0 Å². The molecule has 5 aliphatic rings. The average molecular weight is 387 g/mol. The van der Waals surface area contributed by atoms with Gasteiger partial charge in [0.25, 0.3) is 0 Å². The molecule has 5 fully saturated rings. The van der Waals surface area contributed by atoms with Crippen molar-refractivity contribution in [1.29, 1.82) is 0 Å². The van der Waals surface area contributed by atoms with Gasteiger partial charge in [0.2, 0.25) is 0 Å². The SMILES string of the molecule is C=C(C)C(=O)OC1CC2CC1C1C3CC(CC3C(=O)OC3(C)CCCCC3)C21. The molecule has 0 aromatic heterocycles. The van der Waals surface area contributed by atoms with Crippen molar-refractivity contribution >= 4 is 11.9 Å². The summed E-state index contributed by atoms with van der Waals surface area (Å²) in [5.74, 6) is 3.43. The topological polar surface area (TPSA) is 52.6 Å². The fourth-order valence-corrected chi connectivity index (χ4v) is 7.91. The van der Waals surface area contributed by atoms with Crippen LogP contribution in [0.5, 0.6) is 0 Å². The number of esters is 2. The zero-order valence-corrected chi connectivity index (χ0v) is 17.3. The molecule has 4 nitrogen and oxygen atoms in total. The Morgan fingerprint density at radius 3 is 2.32 bits per heavy atom. The Kier molecular flexibility index (Phi) is 4.41. The summed E-state index contributed by atoms with van der Waals surface area (Å²) >= 11 is 0. The van der Waals surface area contributed by atoms with Gasteiger partial charge in [0.1, 0.15) is 11.7 Å². The standard InChI is InChI=1S/C24H34O4/c1-13(2)22(25)27-19-12-15-11-18(19)21-16-9-14(20(15)21)10-17(16)23(26)28-24(3)7-5-4-6-8-24/h14-21H,1,4-12H2,2-3H3. The Hall–Kier alpha value is -1.32. The quantitative estimate of drug-likeness (QED) is 0.400. The number of hydrogen-bond acceptors (Lipinski definition) is 4. The fraction of sp³-hybridized carbons (Fsp3) is 0.833. The molecule has 0 aliphatic heterocycles. The largest absolute Gasteiger partial charge is 0.459 e. The van der Waals surface area contributed by atoms with E-state index < -0.39 is 0 Å². The van der Waals surface area contributed by atoms with Gasteiger partial charge in [0, 0.05) is 5.57 Å². The van der Waals surface area contributed by atoms with E-state index in [-0.39, 0.29) is 29.6 Å². The third-order valence-electron chi connectivity index (χ3n) is 8.93. The van der Waals surface area contributed by atoms with Crippen LogP contribution in [0.1, 0.15) is 71.6 Å². The first-order valence-corrected chi connectivity index (χ1v) is 11.5. The van der Waals surface area contributed by atoms with E-state index >= 15 is 0 Å². The third kappa shape index (κ3) is 2.85. The van der Waals surface area contributed by atoms with E-state index in [2.05, 4.69) is 13.5 Å². The summed E-state index contributed by atoms with van der Waals surface area (Å²) in [7, 11) is 0. The van der Waals surface area contributed by atoms with Crippen molar-refractivity contribution in [2.75, 3.05) is 0 Å². The molecule has 5 saturated carbocycles. The number of ether oxygens (including phenoxy) is 2. The normalized spacial score (nSPS) is 44.9. The summed E-state index contributed by atoms with van der Waals surface area (Å²) in [6, 6.07) is 0. The maximum absolute atomic E-state index is 13.1. The summed E-state index contributed by atoms with van der Waals surface area (Å²) < 4.78 is 11.9. The Labute approximate surface area is 168 Å². The van der Waals surface area contributed by atoms with E-state index in [0.717, 1.165) is 31.6 Å². The van der Waals surface area contributed by atoms with E-state index in [1.807, 2.05) is 0 Å². The van der Waals surface area contributed by atoms with Crippen LogP contribution < -0.4 is 0 Å². The molecule has 0 saturated heterocycles. The molecule has 0 radical (unpaired) electrons. The highest BCUT2D eigenvalue weighted by molar-refractivity contribution is 5.87. The van der Waals surface area contributed by atoms with Crippen molar-refractivity contribution in [3.05, 3.63) is 12.2 Å². The lowest BCUT2D eigenvalue weighted by molar-refractivity contribution is -0.171. The highest BCUT2D eigenvalue weighted by Crippen LogP contribution is 2.69. The second-order valence-electron chi connectivity index (χ2n) is 10.7. The molecule has 4 bridgehead atoms. The third-order valence-corrected chi connectivity index (χ3v) is 8.93. The number of carbonyl (C=O) groups is 2. The molecular formula is C24H34O4. The van der Waals surface area contributed by atoms with Gasteiger partial charge >= 0.3 is 11.9 Å². The molecule has 4 heteroatoms. The summed E-state index contributed by atoms with van der Waals surface area (Å²) in [6.45, 7) is 7.57. The van der Waals surface area contributed by atoms with Crippen LogP contribution >= 0.6 is 0 Å². The van der Waals surface area contributed by atoms with Crippen LogP contribution in [0, 0.1) is 41.4 Å². The molecule has 28 heavy (non-hydrogen) atoms. The van der Waals surface area contributed by atoms with Gasteiger partial charge < -0.3 is 9.47 Å². The van der Waals surface area contributed by atoms with Crippen molar-refractivity contribution < 1.29 is 19.1 Å². The van der Waals surface area contributed by atoms with Crippen LogP contribution in [0.25, 0.3) is 0 Å². The Morgan fingerprint density at radius 2 is 1.61 bits per heavy atom. The zero-order chi connectivity index (χ0) is 19.6. The van der Waals surface area contributed by atoms with Crippen molar-refractivity contribution in [3.8, 4) is 0 Å². The predicted molar refractivity (Wildman–Crippen MR) is 105 cm³/mol. The summed E-state index contributed by atoms with van der Waals surface area (Å²) in [4.78, 5) is 25.2. The van der Waals surface area contributed by atoms with E-state index in [1.54, 1.807) is 6.92 Å². The number of carbonyl (C=O) groups excluding carboxylic acids is 2. The molecule has 0 aromatic carbocycles. The van der Waals surface area contributed by atoms with Crippen LogP contribution in [0.4, 0.5) is 0 Å². The molecule has 5 aliphatic carbocycles. The molecule has 0 N–H and O–H groups in total. The first-order chi connectivity index (χ1) is 13.4. The van der Waals surface area contributed by atoms with Crippen LogP contribution in [0.2, 0.25) is 0 Å². The maximum atomic E-state index is 13.1. The Morgan fingerprint density at radius 1 is 0.929 bits per heavy atom. The van der Waals surface area contributed by atoms with E-state index in [1.165, 1.54) is 32.1 Å². The predicted octanol–water partition coefficient (Wildman–Crippen LogP) is 4.67. The summed E-state index contributed by atoms with van der Waals surface area (Å²) in [5.41, 5.74) is 0.236. The summed E-state index contributed by atoms with van der Waals surface area (Å²) in [6.07, 6.45) is 10.1. The summed E-state index contributed by atoms with van der Waals surface area (Å²) in [5, 5.41) is 0. The lowest BCUT2D eigenvalue weighted by Crippen LogP contribution is -2.43. The second-order valence-corrected chi connectivity index (χ2v) is 10.7. The fourth-order valence-electron chi connectivity index (χ4n) is 7.91. The lowest BCUT2D eigenvalue weighted by atomic mass is 9.66. The lowest BCUT2D eigenvalue weighted by Gasteiger charge is -2.41. The van der Waals surface area contributed by atoms with Gasteiger partial charge in [-0.05, 0) is 101 Å². The molecule has 8 unspecified atom stereocenters. The van der Waals surface area contributed by atoms with E-state index in [4.69, 9.17) is 9.47 Å². The van der Waals surface area contributed by atoms with Crippen molar-refractivity contribution in [1.82, 2.24) is 0 Å². The molecule has 0 spiro atoms. The van der Waals surface area contributed by atoms with Crippen LogP contribution in [0.15, 0.2) is 12.2 Å². The minimum absolute atomic E-state index is 0.0299. The first-order valence-electron chi connectivity index (χ1n) is 11.5. The number of fused-ring (bicyclic) bond motifs is 9. The monoisotopic (exact) mass is 386 g/mol. The minimum atomic E-state index is -0.251. The van der Waals surface area contributed by atoms with E-state index in [9.17, 15) is 9.59 Å². The average Bonchev–Trinajstić information content (AvgIpc) is 3.40. The molecule has 5 rings (SSSR count). The van der Waals surface area contributed by atoms with Gasteiger partial charge in [0.05, 0.1) is 5.92 Å². The van der Waals surface area contributed by atoms with Crippen LogP contribution in [-0.2, 0) is 19.1 Å². The highest BCUT2D eigenvalue weighted by Gasteiger charge is 2.66. The van der Waals surface area contributed by atoms with E-state index in [0.29, 0.717) is 35.2 Å². The first kappa shape index (κ1) is 18.7. The molecule has 154 valence electrons. The Balaban J connectivity index is 1.28. The van der Waals surface area contributed by atoms with Gasteiger partial charge in [-0.2, -0.15) is 0 Å². The number of hydrogen-bond donors (Lipinski definition) is 0. The minimum Gasteiger partial charge on any atom is -0.459 e. The maximum Gasteiger partial charge on any atom is 0.333 e. The highest BCUT2D eigenvalue weighted by atomic mass is 16.6. The second kappa shape index (κ2) is 6.60. The van der Waals surface area contributed by atoms with Gasteiger partial charge in [-0.1, -0.05) is 13.0 Å². The zero-order valence-electron chi connectivity index (χ0n) is 17.3. The van der Waals surface area contributed by atoms with Crippen molar-refractivity contribution in [2.24, 2.45) is 41.4 Å². The molecular weight excluding hydrogens is 352 g/mol. The Bertz CT molecular complexity index is 691. The smallest absolute Gasteiger partial charge is 0.333 e. The van der Waals surface area contributed by atoms with Crippen LogP contribution in [-0.4, -0.2) is 23.6 Å². The number of rotatable bonds is 4. The molecule has 8 atom stereocenters. The molecule has 0 aromatic rings. The van der Waals surface area contributed by atoms with Crippen LogP contribution in [0.3, 0.4) is 0 Å².